The van der Waals surface area contributed by atoms with Crippen molar-refractivity contribution in [1.29, 1.82) is 0 Å². The van der Waals surface area contributed by atoms with E-state index in [1.807, 2.05) is 6.92 Å². The molecule has 2 unspecified atom stereocenters. The van der Waals surface area contributed by atoms with Crippen LogP contribution in [0.5, 0.6) is 0 Å². The van der Waals surface area contributed by atoms with Crippen LogP contribution in [0.2, 0.25) is 0 Å². The highest BCUT2D eigenvalue weighted by Crippen LogP contribution is 2.31. The fourth-order valence-corrected chi connectivity index (χ4v) is 1.83. The molecule has 0 rings (SSSR count). The molecule has 2 heteroatoms. The van der Waals surface area contributed by atoms with Crippen molar-refractivity contribution in [3.63, 3.8) is 0 Å². The molecule has 0 nitrogen and oxygen atoms in total. The van der Waals surface area contributed by atoms with Gasteiger partial charge in [0.25, 0.3) is 0 Å². The molecule has 0 aromatic rings. The van der Waals surface area contributed by atoms with E-state index < -0.39 is 0 Å². The normalized spacial score (nSPS) is 19.4. The maximum atomic E-state index is 6.23. The third kappa shape index (κ3) is 4.22. The molecule has 0 N–H and O–H groups in total. The first-order valence-corrected chi connectivity index (χ1v) is 5.19. The van der Waals surface area contributed by atoms with Crippen molar-refractivity contribution < 1.29 is 0 Å². The predicted molar refractivity (Wildman–Crippen MR) is 53.7 cm³/mol. The van der Waals surface area contributed by atoms with Gasteiger partial charge in [-0.15, -0.1) is 23.2 Å². The first-order chi connectivity index (χ1) is 5.04. The molecule has 0 aliphatic carbocycles. The molecule has 0 aromatic carbocycles. The van der Waals surface area contributed by atoms with Crippen LogP contribution in [0.4, 0.5) is 0 Å². The predicted octanol–water partition coefficient (Wildman–Crippen LogP) is 4.19. The molecule has 0 aromatic heterocycles. The van der Waals surface area contributed by atoms with Crippen molar-refractivity contribution in [2.24, 2.45) is 0 Å². The lowest BCUT2D eigenvalue weighted by atomic mass is 9.98. The van der Waals surface area contributed by atoms with Crippen molar-refractivity contribution in [3.05, 3.63) is 0 Å². The molecule has 11 heavy (non-hydrogen) atoms. The second kappa shape index (κ2) is 5.27. The van der Waals surface area contributed by atoms with E-state index in [0.717, 1.165) is 25.7 Å². The van der Waals surface area contributed by atoms with Crippen LogP contribution in [0, 0.1) is 0 Å². The summed E-state index contributed by atoms with van der Waals surface area (Å²) in [7, 11) is 0. The minimum atomic E-state index is -0.202. The standard InChI is InChI=1S/C9H18Cl2/c1-4-6-8(10)9(3,11)7-5-2/h8H,4-7H2,1-3H3. The Kier molecular flexibility index (Phi) is 5.54. The summed E-state index contributed by atoms with van der Waals surface area (Å²) in [5.74, 6) is 0. The van der Waals surface area contributed by atoms with Crippen LogP contribution in [0.25, 0.3) is 0 Å². The van der Waals surface area contributed by atoms with Crippen molar-refractivity contribution in [1.82, 2.24) is 0 Å². The Labute approximate surface area is 80.3 Å². The van der Waals surface area contributed by atoms with Crippen LogP contribution in [-0.2, 0) is 0 Å². The summed E-state index contributed by atoms with van der Waals surface area (Å²) in [4.78, 5) is -0.202. The lowest BCUT2D eigenvalue weighted by molar-refractivity contribution is 0.509. The fraction of sp³-hybridized carbons (Fsp3) is 1.00. The van der Waals surface area contributed by atoms with Crippen LogP contribution in [0.15, 0.2) is 0 Å². The summed E-state index contributed by atoms with van der Waals surface area (Å²) < 4.78 is 0. The minimum Gasteiger partial charge on any atom is -0.121 e. The van der Waals surface area contributed by atoms with E-state index in [0.29, 0.717) is 0 Å². The minimum absolute atomic E-state index is 0.120. The number of rotatable bonds is 5. The van der Waals surface area contributed by atoms with Gasteiger partial charge in [0.2, 0.25) is 0 Å². The monoisotopic (exact) mass is 196 g/mol. The third-order valence-electron chi connectivity index (χ3n) is 1.93. The van der Waals surface area contributed by atoms with Gasteiger partial charge >= 0.3 is 0 Å². The maximum Gasteiger partial charge on any atom is 0.0581 e. The summed E-state index contributed by atoms with van der Waals surface area (Å²) in [5.41, 5.74) is 0. The summed E-state index contributed by atoms with van der Waals surface area (Å²) in [6, 6.07) is 0. The van der Waals surface area contributed by atoms with E-state index in [4.69, 9.17) is 23.2 Å². The zero-order chi connectivity index (χ0) is 8.91. The molecule has 0 heterocycles. The van der Waals surface area contributed by atoms with Gasteiger partial charge in [-0.25, -0.2) is 0 Å². The summed E-state index contributed by atoms with van der Waals surface area (Å²) >= 11 is 12.4. The molecule has 68 valence electrons. The third-order valence-corrected chi connectivity index (χ3v) is 3.20. The van der Waals surface area contributed by atoms with E-state index in [1.54, 1.807) is 0 Å². The lowest BCUT2D eigenvalue weighted by Gasteiger charge is -2.26. The molecule has 0 aliphatic rings. The van der Waals surface area contributed by atoms with Crippen molar-refractivity contribution in [3.8, 4) is 0 Å². The Balaban J connectivity index is 3.83. The molecule has 0 amide bonds. The second-order valence-electron chi connectivity index (χ2n) is 3.28. The highest BCUT2D eigenvalue weighted by atomic mass is 35.5. The zero-order valence-corrected chi connectivity index (χ0v) is 9.17. The smallest absolute Gasteiger partial charge is 0.0581 e. The molecule has 0 radical (unpaired) electrons. The molecule has 0 fully saturated rings. The van der Waals surface area contributed by atoms with Crippen LogP contribution < -0.4 is 0 Å². The van der Waals surface area contributed by atoms with E-state index in [9.17, 15) is 0 Å². The maximum absolute atomic E-state index is 6.23. The van der Waals surface area contributed by atoms with Gasteiger partial charge in [0.05, 0.1) is 10.3 Å². The van der Waals surface area contributed by atoms with E-state index in [2.05, 4.69) is 13.8 Å². The first-order valence-electron chi connectivity index (χ1n) is 4.37. The molecule has 0 spiro atoms. The second-order valence-corrected chi connectivity index (χ2v) is 4.67. The van der Waals surface area contributed by atoms with E-state index >= 15 is 0 Å². The molecular formula is C9H18Cl2. The SMILES string of the molecule is CCCC(Cl)C(C)(Cl)CCC. The van der Waals surface area contributed by atoms with Gasteiger partial charge in [0, 0.05) is 0 Å². The van der Waals surface area contributed by atoms with Crippen LogP contribution in [0.3, 0.4) is 0 Å². The molecule has 0 saturated carbocycles. The van der Waals surface area contributed by atoms with Gasteiger partial charge in [0.1, 0.15) is 0 Å². The van der Waals surface area contributed by atoms with Gasteiger partial charge in [0.15, 0.2) is 0 Å². The van der Waals surface area contributed by atoms with Crippen molar-refractivity contribution in [2.45, 2.75) is 56.7 Å². The topological polar surface area (TPSA) is 0 Å². The van der Waals surface area contributed by atoms with Crippen molar-refractivity contribution >= 4 is 23.2 Å². The Morgan fingerprint density at radius 2 is 1.82 bits per heavy atom. The van der Waals surface area contributed by atoms with Crippen LogP contribution in [-0.4, -0.2) is 10.3 Å². The average Bonchev–Trinajstić information content (AvgIpc) is 1.88. The number of hydrogen-bond donors (Lipinski definition) is 0. The van der Waals surface area contributed by atoms with Gasteiger partial charge < -0.3 is 0 Å². The molecular weight excluding hydrogens is 179 g/mol. The summed E-state index contributed by atoms with van der Waals surface area (Å²) in [6.07, 6.45) is 4.23. The lowest BCUT2D eigenvalue weighted by Crippen LogP contribution is -2.28. The Bertz CT molecular complexity index is 99.7. The molecule has 0 bridgehead atoms. The van der Waals surface area contributed by atoms with Crippen LogP contribution >= 0.6 is 23.2 Å². The van der Waals surface area contributed by atoms with E-state index in [-0.39, 0.29) is 10.3 Å². The number of alkyl halides is 2. The fourth-order valence-electron chi connectivity index (χ4n) is 1.20. The van der Waals surface area contributed by atoms with Crippen molar-refractivity contribution in [2.75, 3.05) is 0 Å². The van der Waals surface area contributed by atoms with Gasteiger partial charge in [-0.3, -0.25) is 0 Å². The number of hydrogen-bond acceptors (Lipinski definition) is 0. The number of halogens is 2. The zero-order valence-electron chi connectivity index (χ0n) is 7.66. The Hall–Kier alpha value is 0.580. The summed E-state index contributed by atoms with van der Waals surface area (Å²) in [6.45, 7) is 6.30. The average molecular weight is 197 g/mol. The quantitative estimate of drug-likeness (QED) is 0.579. The van der Waals surface area contributed by atoms with Gasteiger partial charge in [-0.05, 0) is 19.8 Å². The van der Waals surface area contributed by atoms with Crippen LogP contribution in [0.1, 0.15) is 46.5 Å². The van der Waals surface area contributed by atoms with E-state index in [1.165, 1.54) is 0 Å². The molecule has 2 atom stereocenters. The first kappa shape index (κ1) is 11.6. The largest absolute Gasteiger partial charge is 0.121 e. The van der Waals surface area contributed by atoms with Gasteiger partial charge in [-0.1, -0.05) is 26.7 Å². The Morgan fingerprint density at radius 3 is 2.18 bits per heavy atom. The highest BCUT2D eigenvalue weighted by molar-refractivity contribution is 6.32. The molecule has 0 saturated heterocycles. The Morgan fingerprint density at radius 1 is 1.27 bits per heavy atom. The molecule has 0 aliphatic heterocycles. The van der Waals surface area contributed by atoms with Gasteiger partial charge in [-0.2, -0.15) is 0 Å². The summed E-state index contributed by atoms with van der Waals surface area (Å²) in [5, 5.41) is 0.120. The highest BCUT2D eigenvalue weighted by Gasteiger charge is 2.28.